The molecule has 0 spiro atoms. The van der Waals surface area contributed by atoms with Crippen molar-refractivity contribution in [2.24, 2.45) is 0 Å². The highest BCUT2D eigenvalue weighted by molar-refractivity contribution is 5.55. The third-order valence-electron chi connectivity index (χ3n) is 3.18. The van der Waals surface area contributed by atoms with E-state index in [0.29, 0.717) is 0 Å². The third-order valence-corrected chi connectivity index (χ3v) is 3.18. The van der Waals surface area contributed by atoms with E-state index in [1.807, 2.05) is 43.6 Å². The van der Waals surface area contributed by atoms with E-state index in [2.05, 4.69) is 16.9 Å². The molecule has 3 heteroatoms. The van der Waals surface area contributed by atoms with Crippen molar-refractivity contribution in [1.29, 1.82) is 0 Å². The Morgan fingerprint density at radius 1 is 1.05 bits per heavy atom. The predicted octanol–water partition coefficient (Wildman–Crippen LogP) is 3.54. The largest absolute Gasteiger partial charge is 0.388 e. The molecule has 19 heavy (non-hydrogen) atoms. The molecule has 0 amide bonds. The lowest BCUT2D eigenvalue weighted by Crippen LogP contribution is -1.96. The molecule has 0 aliphatic rings. The quantitative estimate of drug-likeness (QED) is 0.890. The zero-order valence-corrected chi connectivity index (χ0v) is 11.5. The third kappa shape index (κ3) is 3.38. The van der Waals surface area contributed by atoms with E-state index < -0.39 is 0 Å². The predicted molar refractivity (Wildman–Crippen MR) is 76.7 cm³/mol. The Bertz CT molecular complexity index is 505. The number of aryl methyl sites for hydroxylation is 1. The van der Waals surface area contributed by atoms with Crippen molar-refractivity contribution in [2.45, 2.75) is 39.2 Å². The molecule has 0 saturated carbocycles. The number of nitrogens with zero attached hydrogens (tertiary/aromatic N) is 2. The van der Waals surface area contributed by atoms with Crippen LogP contribution in [-0.4, -0.2) is 15.1 Å². The van der Waals surface area contributed by atoms with Crippen LogP contribution >= 0.6 is 0 Å². The number of hydrogen-bond acceptors (Lipinski definition) is 3. The van der Waals surface area contributed by atoms with Gasteiger partial charge in [-0.15, -0.1) is 0 Å². The lowest BCUT2D eigenvalue weighted by Gasteiger charge is -2.08. The molecule has 1 N–H and O–H groups in total. The summed E-state index contributed by atoms with van der Waals surface area (Å²) in [5, 5.41) is 9.75. The van der Waals surface area contributed by atoms with E-state index in [0.717, 1.165) is 36.2 Å². The van der Waals surface area contributed by atoms with Gasteiger partial charge in [-0.1, -0.05) is 44.5 Å². The molecule has 1 heterocycles. The summed E-state index contributed by atoms with van der Waals surface area (Å²) >= 11 is 0. The average Bonchev–Trinajstić information content (AvgIpc) is 2.48. The number of aromatic nitrogens is 2. The van der Waals surface area contributed by atoms with Crippen molar-refractivity contribution >= 4 is 0 Å². The molecule has 2 aromatic rings. The summed E-state index contributed by atoms with van der Waals surface area (Å²) in [7, 11) is 0. The Morgan fingerprint density at radius 3 is 2.21 bits per heavy atom. The van der Waals surface area contributed by atoms with Gasteiger partial charge in [0.1, 0.15) is 0 Å². The van der Waals surface area contributed by atoms with Crippen LogP contribution in [0, 0.1) is 0 Å². The zero-order valence-electron chi connectivity index (χ0n) is 11.5. The van der Waals surface area contributed by atoms with Gasteiger partial charge in [0.2, 0.25) is 0 Å². The Morgan fingerprint density at radius 2 is 1.68 bits per heavy atom. The number of hydrogen-bond donors (Lipinski definition) is 1. The van der Waals surface area contributed by atoms with Gasteiger partial charge >= 0.3 is 0 Å². The van der Waals surface area contributed by atoms with Crippen molar-refractivity contribution in [3.05, 3.63) is 47.8 Å². The first-order valence-corrected chi connectivity index (χ1v) is 6.84. The topological polar surface area (TPSA) is 46.0 Å². The highest BCUT2D eigenvalue weighted by Crippen LogP contribution is 2.20. The maximum atomic E-state index is 9.75. The Kier molecular flexibility index (Phi) is 4.63. The van der Waals surface area contributed by atoms with Gasteiger partial charge in [-0.05, 0) is 24.0 Å². The molecule has 0 aliphatic carbocycles. The van der Waals surface area contributed by atoms with Gasteiger partial charge < -0.3 is 5.11 Å². The van der Waals surface area contributed by atoms with E-state index in [9.17, 15) is 5.11 Å². The molecular weight excluding hydrogens is 236 g/mol. The molecular formula is C16H20N2O. The van der Waals surface area contributed by atoms with Crippen LogP contribution in [0.1, 0.15) is 43.9 Å². The van der Waals surface area contributed by atoms with Gasteiger partial charge in [0, 0.05) is 18.0 Å². The number of rotatable bonds is 5. The second kappa shape index (κ2) is 6.43. The molecule has 100 valence electrons. The van der Waals surface area contributed by atoms with Crippen LogP contribution in [-0.2, 0) is 6.42 Å². The molecule has 1 unspecified atom stereocenters. The van der Waals surface area contributed by atoms with Crippen molar-refractivity contribution < 1.29 is 5.11 Å². The van der Waals surface area contributed by atoms with E-state index in [1.165, 1.54) is 5.56 Å². The van der Waals surface area contributed by atoms with E-state index in [1.54, 1.807) is 0 Å². The second-order valence-electron chi connectivity index (χ2n) is 4.71. The maximum Gasteiger partial charge on any atom is 0.159 e. The van der Waals surface area contributed by atoms with Crippen LogP contribution in [0.25, 0.3) is 11.4 Å². The fourth-order valence-electron chi connectivity index (χ4n) is 2.01. The molecule has 0 radical (unpaired) electrons. The summed E-state index contributed by atoms with van der Waals surface area (Å²) in [6, 6.07) is 7.80. The van der Waals surface area contributed by atoms with E-state index in [-0.39, 0.29) is 6.10 Å². The van der Waals surface area contributed by atoms with Crippen molar-refractivity contribution in [1.82, 2.24) is 9.97 Å². The van der Waals surface area contributed by atoms with Crippen molar-refractivity contribution in [2.75, 3.05) is 0 Å². The molecule has 2 rings (SSSR count). The normalized spacial score (nSPS) is 12.4. The molecule has 0 saturated heterocycles. The van der Waals surface area contributed by atoms with E-state index in [4.69, 9.17) is 0 Å². The van der Waals surface area contributed by atoms with Crippen LogP contribution in [0.4, 0.5) is 0 Å². The smallest absolute Gasteiger partial charge is 0.159 e. The standard InChI is InChI=1S/C16H20N2O/c1-3-5-12-10-17-16(18-11-12)14-8-6-13(7-9-14)15(19)4-2/h6-11,15,19H,3-5H2,1-2H3. The highest BCUT2D eigenvalue weighted by Gasteiger charge is 2.06. The molecule has 0 fully saturated rings. The van der Waals surface area contributed by atoms with Gasteiger partial charge in [-0.2, -0.15) is 0 Å². The van der Waals surface area contributed by atoms with Crippen LogP contribution in [0.3, 0.4) is 0 Å². The first-order valence-electron chi connectivity index (χ1n) is 6.84. The van der Waals surface area contributed by atoms with Crippen LogP contribution in [0.2, 0.25) is 0 Å². The molecule has 1 aromatic carbocycles. The Balaban J connectivity index is 2.17. The highest BCUT2D eigenvalue weighted by atomic mass is 16.3. The summed E-state index contributed by atoms with van der Waals surface area (Å²) in [6.07, 6.45) is 6.23. The lowest BCUT2D eigenvalue weighted by molar-refractivity contribution is 0.173. The number of benzene rings is 1. The van der Waals surface area contributed by atoms with Crippen LogP contribution in [0.5, 0.6) is 0 Å². The minimum absolute atomic E-state index is 0.387. The Hall–Kier alpha value is -1.74. The molecule has 1 aromatic heterocycles. The SMILES string of the molecule is CCCc1cnc(-c2ccc(C(O)CC)cc2)nc1. The van der Waals surface area contributed by atoms with Gasteiger partial charge in [0.25, 0.3) is 0 Å². The van der Waals surface area contributed by atoms with Gasteiger partial charge in [0.15, 0.2) is 5.82 Å². The second-order valence-corrected chi connectivity index (χ2v) is 4.71. The molecule has 1 atom stereocenters. The summed E-state index contributed by atoms with van der Waals surface area (Å²) in [6.45, 7) is 4.11. The lowest BCUT2D eigenvalue weighted by atomic mass is 10.0. The summed E-state index contributed by atoms with van der Waals surface area (Å²) in [4.78, 5) is 8.78. The summed E-state index contributed by atoms with van der Waals surface area (Å²) in [5.74, 6) is 0.734. The average molecular weight is 256 g/mol. The van der Waals surface area contributed by atoms with Crippen molar-refractivity contribution in [3.8, 4) is 11.4 Å². The summed E-state index contributed by atoms with van der Waals surface area (Å²) < 4.78 is 0. The van der Waals surface area contributed by atoms with E-state index >= 15 is 0 Å². The first kappa shape index (κ1) is 13.7. The summed E-state index contributed by atoms with van der Waals surface area (Å²) in [5.41, 5.74) is 3.09. The number of aliphatic hydroxyl groups is 1. The Labute approximate surface area is 114 Å². The van der Waals surface area contributed by atoms with Gasteiger partial charge in [-0.3, -0.25) is 0 Å². The minimum atomic E-state index is -0.387. The maximum absolute atomic E-state index is 9.75. The first-order chi connectivity index (χ1) is 9.24. The van der Waals surface area contributed by atoms with Gasteiger partial charge in [0.05, 0.1) is 6.10 Å². The van der Waals surface area contributed by atoms with Crippen LogP contribution < -0.4 is 0 Å². The molecule has 0 aliphatic heterocycles. The monoisotopic (exact) mass is 256 g/mol. The van der Waals surface area contributed by atoms with Crippen LogP contribution in [0.15, 0.2) is 36.7 Å². The van der Waals surface area contributed by atoms with Crippen molar-refractivity contribution in [3.63, 3.8) is 0 Å². The molecule has 0 bridgehead atoms. The molecule has 3 nitrogen and oxygen atoms in total. The fourth-order valence-corrected chi connectivity index (χ4v) is 2.01. The van der Waals surface area contributed by atoms with Gasteiger partial charge in [-0.25, -0.2) is 9.97 Å². The zero-order chi connectivity index (χ0) is 13.7. The minimum Gasteiger partial charge on any atom is -0.388 e. The fraction of sp³-hybridized carbons (Fsp3) is 0.375. The number of aliphatic hydroxyl groups excluding tert-OH is 1.